The lowest BCUT2D eigenvalue weighted by atomic mass is 10.1. The van der Waals surface area contributed by atoms with Crippen LogP contribution in [0.4, 0.5) is 20.6 Å². The van der Waals surface area contributed by atoms with Gasteiger partial charge in [-0.05, 0) is 29.8 Å². The smallest absolute Gasteiger partial charge is 0.305 e. The maximum atomic E-state index is 14.1. The van der Waals surface area contributed by atoms with Crippen LogP contribution in [0.15, 0.2) is 72.8 Å². The van der Waals surface area contributed by atoms with Crippen LogP contribution in [0.1, 0.15) is 11.1 Å². The predicted octanol–water partition coefficient (Wildman–Crippen LogP) is 5.46. The zero-order valence-corrected chi connectivity index (χ0v) is 18.5. The fourth-order valence-corrected chi connectivity index (χ4v) is 5.92. The lowest BCUT2D eigenvalue weighted by Crippen LogP contribution is -2.51. The SMILES string of the molecule is O=C(Nc1ccccc1F)N1CCS[C@]12C(=O)N(Cc1ccccc1Cl)c1ccccc12. The third-order valence-corrected chi connectivity index (χ3v) is 7.54. The maximum absolute atomic E-state index is 14.1. The van der Waals surface area contributed by atoms with Crippen molar-refractivity contribution >= 4 is 46.7 Å². The summed E-state index contributed by atoms with van der Waals surface area (Å²) in [4.78, 5) is 29.1. The van der Waals surface area contributed by atoms with E-state index in [1.807, 2.05) is 42.5 Å². The number of hydrogen-bond donors (Lipinski definition) is 1. The van der Waals surface area contributed by atoms with Crippen LogP contribution in [-0.4, -0.2) is 29.1 Å². The number of fused-ring (bicyclic) bond motifs is 2. The highest BCUT2D eigenvalue weighted by molar-refractivity contribution is 8.01. The second kappa shape index (κ2) is 8.15. The zero-order chi connectivity index (χ0) is 22.3. The summed E-state index contributed by atoms with van der Waals surface area (Å²) in [5.74, 6) is -0.143. The Hall–Kier alpha value is -3.03. The molecule has 5 rings (SSSR count). The molecule has 0 saturated carbocycles. The molecule has 0 bridgehead atoms. The summed E-state index contributed by atoms with van der Waals surface area (Å²) in [6.45, 7) is 0.658. The fourth-order valence-electron chi connectivity index (χ4n) is 4.27. The first-order chi connectivity index (χ1) is 15.5. The molecule has 1 fully saturated rings. The monoisotopic (exact) mass is 467 g/mol. The number of nitrogens with one attached hydrogen (secondary N) is 1. The number of carbonyl (C=O) groups excluding carboxylic acids is 2. The number of urea groups is 1. The van der Waals surface area contributed by atoms with Crippen molar-refractivity contribution in [2.45, 2.75) is 11.4 Å². The first-order valence-corrected chi connectivity index (χ1v) is 11.5. The van der Waals surface area contributed by atoms with Crippen LogP contribution in [0.25, 0.3) is 0 Å². The fraction of sp³-hybridized carbons (Fsp3) is 0.167. The van der Waals surface area contributed by atoms with E-state index in [1.54, 1.807) is 23.1 Å². The van der Waals surface area contributed by atoms with Crippen LogP contribution in [0.3, 0.4) is 0 Å². The van der Waals surface area contributed by atoms with Crippen molar-refractivity contribution in [1.82, 2.24) is 4.90 Å². The molecule has 1 atom stereocenters. The van der Waals surface area contributed by atoms with E-state index < -0.39 is 16.7 Å². The summed E-state index contributed by atoms with van der Waals surface area (Å²) in [6, 6.07) is 20.3. The van der Waals surface area contributed by atoms with E-state index in [-0.39, 0.29) is 11.6 Å². The average molecular weight is 468 g/mol. The van der Waals surface area contributed by atoms with E-state index >= 15 is 0 Å². The number of amides is 3. The quantitative estimate of drug-likeness (QED) is 0.556. The molecule has 1 spiro atoms. The molecule has 2 aliphatic heterocycles. The van der Waals surface area contributed by atoms with Crippen LogP contribution in [0.5, 0.6) is 0 Å². The summed E-state index contributed by atoms with van der Waals surface area (Å²) in [5, 5.41) is 3.21. The van der Waals surface area contributed by atoms with E-state index in [9.17, 15) is 14.0 Å². The lowest BCUT2D eigenvalue weighted by Gasteiger charge is -2.33. The molecule has 3 aromatic rings. The Bertz CT molecular complexity index is 1220. The van der Waals surface area contributed by atoms with Crippen molar-refractivity contribution in [3.63, 3.8) is 0 Å². The van der Waals surface area contributed by atoms with E-state index in [4.69, 9.17) is 11.6 Å². The van der Waals surface area contributed by atoms with E-state index in [0.29, 0.717) is 23.9 Å². The molecule has 1 saturated heterocycles. The lowest BCUT2D eigenvalue weighted by molar-refractivity contribution is -0.123. The van der Waals surface area contributed by atoms with E-state index in [1.165, 1.54) is 28.8 Å². The summed E-state index contributed by atoms with van der Waals surface area (Å²) in [7, 11) is 0. The van der Waals surface area contributed by atoms with Crippen molar-refractivity contribution in [2.75, 3.05) is 22.5 Å². The molecule has 1 N–H and O–H groups in total. The maximum Gasteiger partial charge on any atom is 0.323 e. The molecule has 3 amide bonds. The standard InChI is InChI=1S/C24H19ClFN3O2S/c25-18-9-3-1-7-16(18)15-28-21-12-6-2-8-17(21)24(22(28)30)29(13-14-32-24)23(31)27-20-11-5-4-10-19(20)26/h1-12H,13-15H2,(H,27,31)/t24-/m1/s1. The van der Waals surface area contributed by atoms with Gasteiger partial charge < -0.3 is 10.2 Å². The summed E-state index contributed by atoms with van der Waals surface area (Å²) in [6.07, 6.45) is 0. The molecule has 8 heteroatoms. The number of thioether (sulfide) groups is 1. The summed E-state index contributed by atoms with van der Waals surface area (Å²) in [5.41, 5.74) is 2.40. The minimum atomic E-state index is -1.20. The molecule has 0 radical (unpaired) electrons. The van der Waals surface area contributed by atoms with Crippen molar-refractivity contribution < 1.29 is 14.0 Å². The Labute approximate surface area is 194 Å². The van der Waals surface area contributed by atoms with Gasteiger partial charge in [0.2, 0.25) is 0 Å². The molecule has 162 valence electrons. The van der Waals surface area contributed by atoms with Gasteiger partial charge >= 0.3 is 6.03 Å². The third-order valence-electron chi connectivity index (χ3n) is 5.75. The molecule has 5 nitrogen and oxygen atoms in total. The Morgan fingerprint density at radius 3 is 2.59 bits per heavy atom. The number of hydrogen-bond acceptors (Lipinski definition) is 3. The van der Waals surface area contributed by atoms with Crippen molar-refractivity contribution in [3.05, 3.63) is 94.8 Å². The number of anilines is 2. The number of para-hydroxylation sites is 2. The van der Waals surface area contributed by atoms with Crippen LogP contribution < -0.4 is 10.2 Å². The van der Waals surface area contributed by atoms with Crippen LogP contribution in [0, 0.1) is 5.82 Å². The topological polar surface area (TPSA) is 52.7 Å². The van der Waals surface area contributed by atoms with Gasteiger partial charge in [0.25, 0.3) is 5.91 Å². The van der Waals surface area contributed by atoms with Gasteiger partial charge in [-0.25, -0.2) is 9.18 Å². The Balaban J connectivity index is 1.53. The van der Waals surface area contributed by atoms with Gasteiger partial charge in [0.1, 0.15) is 5.82 Å². The Kier molecular flexibility index (Phi) is 5.31. The van der Waals surface area contributed by atoms with Gasteiger partial charge in [-0.15, -0.1) is 11.8 Å². The van der Waals surface area contributed by atoms with Gasteiger partial charge in [0.15, 0.2) is 4.87 Å². The minimum Gasteiger partial charge on any atom is -0.305 e. The normalized spacial score (nSPS) is 19.5. The van der Waals surface area contributed by atoms with Crippen molar-refractivity contribution in [2.24, 2.45) is 0 Å². The molecule has 0 aromatic heterocycles. The number of nitrogens with zero attached hydrogens (tertiary/aromatic N) is 2. The number of carbonyl (C=O) groups is 2. The van der Waals surface area contributed by atoms with E-state index in [0.717, 1.165) is 16.8 Å². The highest BCUT2D eigenvalue weighted by Crippen LogP contribution is 2.54. The number of rotatable bonds is 3. The van der Waals surface area contributed by atoms with Gasteiger partial charge in [-0.2, -0.15) is 0 Å². The Morgan fingerprint density at radius 2 is 1.78 bits per heavy atom. The zero-order valence-electron chi connectivity index (χ0n) is 16.9. The second-order valence-electron chi connectivity index (χ2n) is 7.55. The van der Waals surface area contributed by atoms with Gasteiger partial charge in [-0.1, -0.05) is 60.1 Å². The first-order valence-electron chi connectivity index (χ1n) is 10.1. The van der Waals surface area contributed by atoms with Gasteiger partial charge in [0.05, 0.1) is 17.9 Å². The van der Waals surface area contributed by atoms with E-state index in [2.05, 4.69) is 5.32 Å². The molecule has 3 aromatic carbocycles. The highest BCUT2D eigenvalue weighted by atomic mass is 35.5. The second-order valence-corrected chi connectivity index (χ2v) is 9.25. The number of benzene rings is 3. The van der Waals surface area contributed by atoms with Gasteiger partial charge in [-0.3, -0.25) is 9.69 Å². The van der Waals surface area contributed by atoms with Crippen LogP contribution >= 0.6 is 23.4 Å². The first kappa shape index (κ1) is 20.8. The third kappa shape index (κ3) is 3.24. The summed E-state index contributed by atoms with van der Waals surface area (Å²) >= 11 is 7.78. The van der Waals surface area contributed by atoms with Crippen LogP contribution in [-0.2, 0) is 16.2 Å². The molecule has 0 aliphatic carbocycles. The van der Waals surface area contributed by atoms with Crippen molar-refractivity contribution in [1.29, 1.82) is 0 Å². The molecule has 0 unspecified atom stereocenters. The van der Waals surface area contributed by atoms with Crippen molar-refractivity contribution in [3.8, 4) is 0 Å². The molecular weight excluding hydrogens is 449 g/mol. The Morgan fingerprint density at radius 1 is 1.06 bits per heavy atom. The molecule has 2 heterocycles. The summed E-state index contributed by atoms with van der Waals surface area (Å²) < 4.78 is 14.1. The predicted molar refractivity (Wildman–Crippen MR) is 125 cm³/mol. The number of halogens is 2. The molecule has 32 heavy (non-hydrogen) atoms. The molecular formula is C24H19ClFN3O2S. The minimum absolute atomic E-state index is 0.0798. The highest BCUT2D eigenvalue weighted by Gasteiger charge is 2.59. The average Bonchev–Trinajstić information content (AvgIpc) is 3.34. The molecule has 2 aliphatic rings. The largest absolute Gasteiger partial charge is 0.323 e. The van der Waals surface area contributed by atoms with Crippen LogP contribution in [0.2, 0.25) is 5.02 Å². The van der Waals surface area contributed by atoms with Gasteiger partial charge in [0, 0.05) is 22.9 Å².